The molecule has 3 fully saturated rings. The van der Waals surface area contributed by atoms with Crippen LogP contribution >= 0.6 is 0 Å². The highest BCUT2D eigenvalue weighted by molar-refractivity contribution is 4.93. The summed E-state index contributed by atoms with van der Waals surface area (Å²) in [5.41, 5.74) is 3.07. The molecular weight excluding hydrogens is 250 g/mol. The van der Waals surface area contributed by atoms with Gasteiger partial charge in [0.2, 0.25) is 0 Å². The molecule has 4 heteroatoms. The van der Waals surface area contributed by atoms with Gasteiger partial charge in [-0.05, 0) is 56.4 Å². The summed E-state index contributed by atoms with van der Waals surface area (Å²) < 4.78 is 6.01. The summed E-state index contributed by atoms with van der Waals surface area (Å²) in [5.74, 6) is 8.74. The van der Waals surface area contributed by atoms with E-state index in [1.165, 1.54) is 45.1 Å². The Morgan fingerprint density at radius 3 is 2.90 bits per heavy atom. The topological polar surface area (TPSA) is 50.5 Å². The normalized spacial score (nSPS) is 39.3. The number of nitrogens with one attached hydrogen (secondary N) is 1. The van der Waals surface area contributed by atoms with Crippen molar-refractivity contribution in [2.75, 3.05) is 26.2 Å². The number of nitrogens with two attached hydrogens (primary N) is 1. The third-order valence-corrected chi connectivity index (χ3v) is 5.82. The predicted octanol–water partition coefficient (Wildman–Crippen LogP) is 1.76. The summed E-state index contributed by atoms with van der Waals surface area (Å²) >= 11 is 0. The standard InChI is InChI=1S/C16H31N3O/c1-2-5-19-6-7-20-16(11-19)15(18-17)10-14-9-12-3-4-13(14)8-12/h12-16,18H,2-11,17H2,1H3. The largest absolute Gasteiger partial charge is 0.374 e. The molecule has 2 saturated carbocycles. The van der Waals surface area contributed by atoms with Gasteiger partial charge in [-0.15, -0.1) is 0 Å². The molecule has 3 N–H and O–H groups in total. The molecule has 0 spiro atoms. The number of hydrazine groups is 1. The molecule has 2 bridgehead atoms. The first kappa shape index (κ1) is 14.8. The number of fused-ring (bicyclic) bond motifs is 2. The summed E-state index contributed by atoms with van der Waals surface area (Å²) in [5, 5.41) is 0. The fourth-order valence-electron chi connectivity index (χ4n) is 4.81. The lowest BCUT2D eigenvalue weighted by atomic mass is 9.83. The maximum atomic E-state index is 6.01. The molecule has 1 saturated heterocycles. The van der Waals surface area contributed by atoms with Gasteiger partial charge in [0.15, 0.2) is 0 Å². The third kappa shape index (κ3) is 3.19. The molecule has 0 radical (unpaired) electrons. The zero-order valence-electron chi connectivity index (χ0n) is 12.9. The molecular formula is C16H31N3O. The first-order chi connectivity index (χ1) is 9.80. The van der Waals surface area contributed by atoms with E-state index in [2.05, 4.69) is 17.2 Å². The minimum atomic E-state index is 0.277. The molecule has 0 aromatic carbocycles. The van der Waals surface area contributed by atoms with Crippen LogP contribution in [-0.2, 0) is 4.74 Å². The van der Waals surface area contributed by atoms with Crippen LogP contribution in [0.15, 0.2) is 0 Å². The molecule has 5 unspecified atom stereocenters. The van der Waals surface area contributed by atoms with E-state index in [4.69, 9.17) is 10.6 Å². The van der Waals surface area contributed by atoms with E-state index in [0.29, 0.717) is 6.04 Å². The number of nitrogens with zero attached hydrogens (tertiary/aromatic N) is 1. The maximum Gasteiger partial charge on any atom is 0.0868 e. The van der Waals surface area contributed by atoms with Crippen LogP contribution in [0.3, 0.4) is 0 Å². The second-order valence-electron chi connectivity index (χ2n) is 7.15. The van der Waals surface area contributed by atoms with Gasteiger partial charge in [-0.25, -0.2) is 0 Å². The molecule has 20 heavy (non-hydrogen) atoms. The van der Waals surface area contributed by atoms with Crippen molar-refractivity contribution in [3.05, 3.63) is 0 Å². The first-order valence-corrected chi connectivity index (χ1v) is 8.60. The minimum Gasteiger partial charge on any atom is -0.374 e. The average Bonchev–Trinajstić information content (AvgIpc) is 3.08. The highest BCUT2D eigenvalue weighted by Gasteiger charge is 2.41. The van der Waals surface area contributed by atoms with Crippen molar-refractivity contribution in [1.29, 1.82) is 0 Å². The van der Waals surface area contributed by atoms with Crippen LogP contribution in [0.2, 0.25) is 0 Å². The lowest BCUT2D eigenvalue weighted by Gasteiger charge is -2.38. The zero-order valence-corrected chi connectivity index (χ0v) is 12.9. The van der Waals surface area contributed by atoms with Gasteiger partial charge >= 0.3 is 0 Å². The third-order valence-electron chi connectivity index (χ3n) is 5.82. The summed E-state index contributed by atoms with van der Waals surface area (Å²) in [7, 11) is 0. The van der Waals surface area contributed by atoms with Crippen LogP contribution in [0.4, 0.5) is 0 Å². The maximum absolute atomic E-state index is 6.01. The summed E-state index contributed by atoms with van der Waals surface area (Å²) in [6, 6.07) is 0.332. The molecule has 116 valence electrons. The zero-order chi connectivity index (χ0) is 13.9. The Balaban J connectivity index is 1.53. The number of hydrogen-bond acceptors (Lipinski definition) is 4. The van der Waals surface area contributed by atoms with Crippen LogP contribution in [0.1, 0.15) is 45.4 Å². The number of rotatable bonds is 6. The molecule has 1 aliphatic heterocycles. The summed E-state index contributed by atoms with van der Waals surface area (Å²) in [6.07, 6.45) is 8.57. The van der Waals surface area contributed by atoms with Gasteiger partial charge in [0.25, 0.3) is 0 Å². The van der Waals surface area contributed by atoms with Crippen LogP contribution in [0.5, 0.6) is 0 Å². The first-order valence-electron chi connectivity index (χ1n) is 8.60. The van der Waals surface area contributed by atoms with Crippen molar-refractivity contribution >= 4 is 0 Å². The van der Waals surface area contributed by atoms with Crippen molar-refractivity contribution in [2.45, 2.75) is 57.6 Å². The molecule has 1 heterocycles. The summed E-state index contributed by atoms with van der Waals surface area (Å²) in [6.45, 7) is 6.42. The van der Waals surface area contributed by atoms with E-state index in [-0.39, 0.29) is 6.10 Å². The molecule has 3 rings (SSSR count). The van der Waals surface area contributed by atoms with Crippen LogP contribution < -0.4 is 11.3 Å². The van der Waals surface area contributed by atoms with Crippen LogP contribution in [0, 0.1) is 17.8 Å². The van der Waals surface area contributed by atoms with Crippen molar-refractivity contribution in [1.82, 2.24) is 10.3 Å². The Kier molecular flexibility index (Phi) is 4.97. The van der Waals surface area contributed by atoms with E-state index in [1.807, 2.05) is 0 Å². The average molecular weight is 281 g/mol. The lowest BCUT2D eigenvalue weighted by Crippen LogP contribution is -2.54. The highest BCUT2D eigenvalue weighted by atomic mass is 16.5. The van der Waals surface area contributed by atoms with Crippen molar-refractivity contribution in [3.63, 3.8) is 0 Å². The van der Waals surface area contributed by atoms with Gasteiger partial charge in [-0.3, -0.25) is 16.2 Å². The number of hydrogen-bond donors (Lipinski definition) is 2. The van der Waals surface area contributed by atoms with Gasteiger partial charge in [0.05, 0.1) is 12.7 Å². The van der Waals surface area contributed by atoms with Gasteiger partial charge in [-0.1, -0.05) is 13.3 Å². The summed E-state index contributed by atoms with van der Waals surface area (Å²) in [4.78, 5) is 2.53. The molecule has 0 aromatic rings. The fraction of sp³-hybridized carbons (Fsp3) is 1.00. The Morgan fingerprint density at radius 1 is 1.35 bits per heavy atom. The van der Waals surface area contributed by atoms with Crippen LogP contribution in [-0.4, -0.2) is 43.3 Å². The molecule has 2 aliphatic carbocycles. The SMILES string of the molecule is CCCN1CCOC(C(CC2CC3CCC2C3)NN)C1. The van der Waals surface area contributed by atoms with Gasteiger partial charge in [0.1, 0.15) is 0 Å². The molecule has 0 aromatic heterocycles. The molecule has 3 aliphatic rings. The van der Waals surface area contributed by atoms with E-state index >= 15 is 0 Å². The quantitative estimate of drug-likeness (QED) is 0.575. The van der Waals surface area contributed by atoms with Gasteiger partial charge < -0.3 is 4.74 Å². The Morgan fingerprint density at radius 2 is 2.25 bits per heavy atom. The van der Waals surface area contributed by atoms with E-state index < -0.39 is 0 Å². The van der Waals surface area contributed by atoms with Crippen molar-refractivity contribution in [3.8, 4) is 0 Å². The van der Waals surface area contributed by atoms with Gasteiger partial charge in [0, 0.05) is 19.1 Å². The van der Waals surface area contributed by atoms with Crippen LogP contribution in [0.25, 0.3) is 0 Å². The lowest BCUT2D eigenvalue weighted by molar-refractivity contribution is -0.0511. The van der Waals surface area contributed by atoms with E-state index in [0.717, 1.165) is 37.5 Å². The monoisotopic (exact) mass is 281 g/mol. The molecule has 5 atom stereocenters. The fourth-order valence-corrected chi connectivity index (χ4v) is 4.81. The minimum absolute atomic E-state index is 0.277. The van der Waals surface area contributed by atoms with Crippen molar-refractivity contribution in [2.24, 2.45) is 23.6 Å². The highest BCUT2D eigenvalue weighted by Crippen LogP contribution is 2.50. The second-order valence-corrected chi connectivity index (χ2v) is 7.15. The molecule has 4 nitrogen and oxygen atoms in total. The second kappa shape index (κ2) is 6.73. The smallest absolute Gasteiger partial charge is 0.0868 e. The number of ether oxygens (including phenoxy) is 1. The Labute approximate surface area is 123 Å². The van der Waals surface area contributed by atoms with Gasteiger partial charge in [-0.2, -0.15) is 0 Å². The van der Waals surface area contributed by atoms with E-state index in [1.54, 1.807) is 0 Å². The molecule has 0 amide bonds. The predicted molar refractivity (Wildman–Crippen MR) is 81.1 cm³/mol. The Bertz CT molecular complexity index is 310. The number of morpholine rings is 1. The van der Waals surface area contributed by atoms with Crippen molar-refractivity contribution < 1.29 is 4.74 Å². The Hall–Kier alpha value is -0.160. The van der Waals surface area contributed by atoms with E-state index in [9.17, 15) is 0 Å².